The molecule has 7 heteroatoms. The molecule has 0 atom stereocenters. The zero-order valence-electron chi connectivity index (χ0n) is 15.7. The van der Waals surface area contributed by atoms with Gasteiger partial charge in [0.2, 0.25) is 11.8 Å². The molecule has 1 aromatic heterocycles. The number of carbonyl (C=O) groups excluding carboxylic acids is 1. The van der Waals surface area contributed by atoms with Gasteiger partial charge in [0, 0.05) is 31.0 Å². The van der Waals surface area contributed by atoms with Gasteiger partial charge in [0.1, 0.15) is 0 Å². The van der Waals surface area contributed by atoms with Crippen LogP contribution in [0, 0.1) is 5.41 Å². The molecule has 144 valence electrons. The van der Waals surface area contributed by atoms with E-state index >= 15 is 0 Å². The molecule has 3 heterocycles. The molecule has 2 saturated heterocycles. The van der Waals surface area contributed by atoms with Gasteiger partial charge in [-0.1, -0.05) is 35.8 Å². The Morgan fingerprint density at radius 1 is 1.19 bits per heavy atom. The van der Waals surface area contributed by atoms with E-state index in [-0.39, 0.29) is 11.3 Å². The van der Waals surface area contributed by atoms with Crippen molar-refractivity contribution in [1.29, 1.82) is 0 Å². The van der Waals surface area contributed by atoms with Crippen LogP contribution in [0.2, 0.25) is 5.02 Å². The predicted octanol–water partition coefficient (Wildman–Crippen LogP) is 3.30. The summed E-state index contributed by atoms with van der Waals surface area (Å²) in [6.07, 6.45) is 3.50. The van der Waals surface area contributed by atoms with Gasteiger partial charge in [-0.2, -0.15) is 4.98 Å². The fraction of sp³-hybridized carbons (Fsp3) is 0.550. The van der Waals surface area contributed by atoms with Gasteiger partial charge < -0.3 is 9.42 Å². The Hall–Kier alpha value is -1.92. The van der Waals surface area contributed by atoms with Crippen molar-refractivity contribution in [2.45, 2.75) is 45.7 Å². The molecule has 0 aliphatic carbocycles. The Balaban J connectivity index is 1.32. The second kappa shape index (κ2) is 7.60. The molecule has 0 bridgehead atoms. The van der Waals surface area contributed by atoms with E-state index < -0.39 is 0 Å². The molecule has 2 fully saturated rings. The van der Waals surface area contributed by atoms with E-state index in [4.69, 9.17) is 16.1 Å². The predicted molar refractivity (Wildman–Crippen MR) is 102 cm³/mol. The van der Waals surface area contributed by atoms with Crippen molar-refractivity contribution in [3.8, 4) is 0 Å². The molecule has 0 unspecified atom stereocenters. The molecule has 0 N–H and O–H groups in total. The molecule has 27 heavy (non-hydrogen) atoms. The fourth-order valence-electron chi connectivity index (χ4n) is 4.15. The van der Waals surface area contributed by atoms with Crippen LogP contribution in [0.4, 0.5) is 0 Å². The molecule has 0 saturated carbocycles. The lowest BCUT2D eigenvalue weighted by atomic mass is 9.77. The van der Waals surface area contributed by atoms with Gasteiger partial charge in [-0.05, 0) is 49.0 Å². The Morgan fingerprint density at radius 2 is 1.93 bits per heavy atom. The third-order valence-corrected chi connectivity index (χ3v) is 6.04. The highest BCUT2D eigenvalue weighted by atomic mass is 35.5. The quantitative estimate of drug-likeness (QED) is 0.786. The van der Waals surface area contributed by atoms with Gasteiger partial charge in [-0.3, -0.25) is 9.69 Å². The van der Waals surface area contributed by atoms with Crippen LogP contribution < -0.4 is 0 Å². The lowest BCUT2D eigenvalue weighted by Gasteiger charge is -2.38. The highest BCUT2D eigenvalue weighted by Crippen LogP contribution is 2.41. The number of carbonyl (C=O) groups is 1. The average Bonchev–Trinajstić information content (AvgIpc) is 3.24. The van der Waals surface area contributed by atoms with E-state index in [1.165, 1.54) is 0 Å². The Kier molecular flexibility index (Phi) is 5.19. The maximum absolute atomic E-state index is 12.6. The van der Waals surface area contributed by atoms with Gasteiger partial charge in [-0.25, -0.2) is 0 Å². The summed E-state index contributed by atoms with van der Waals surface area (Å²) < 4.78 is 5.19. The first-order chi connectivity index (χ1) is 13.0. The van der Waals surface area contributed by atoms with Crippen molar-refractivity contribution in [3.05, 3.63) is 46.6 Å². The normalized spacial score (nSPS) is 19.9. The minimum Gasteiger partial charge on any atom is -0.339 e. The van der Waals surface area contributed by atoms with E-state index in [1.54, 1.807) is 0 Å². The summed E-state index contributed by atoms with van der Waals surface area (Å²) in [5.41, 5.74) is 1.25. The van der Waals surface area contributed by atoms with Gasteiger partial charge in [-0.15, -0.1) is 0 Å². The number of hydrogen-bond donors (Lipinski definition) is 0. The average molecular weight is 389 g/mol. The molecule has 4 rings (SSSR count). The Morgan fingerprint density at radius 3 is 2.59 bits per heavy atom. The summed E-state index contributed by atoms with van der Waals surface area (Å²) in [7, 11) is 0. The number of benzene rings is 1. The third kappa shape index (κ3) is 4.17. The van der Waals surface area contributed by atoms with Crippen molar-refractivity contribution < 1.29 is 9.32 Å². The standard InChI is InChI=1S/C20H25ClN4O2/c1-2-18-22-17(23-27-18)13-24-9-7-20(8-10-24)11-19(26)25(14-20)12-15-3-5-16(21)6-4-15/h3-6H,2,7-14H2,1H3. The lowest BCUT2D eigenvalue weighted by molar-refractivity contribution is -0.128. The van der Waals surface area contributed by atoms with Crippen molar-refractivity contribution in [2.24, 2.45) is 5.41 Å². The van der Waals surface area contributed by atoms with Crippen molar-refractivity contribution in [1.82, 2.24) is 19.9 Å². The number of halogens is 1. The number of nitrogens with zero attached hydrogens (tertiary/aromatic N) is 4. The van der Waals surface area contributed by atoms with Crippen molar-refractivity contribution in [2.75, 3.05) is 19.6 Å². The molecule has 2 aromatic rings. The van der Waals surface area contributed by atoms with Gasteiger partial charge in [0.05, 0.1) is 6.54 Å². The summed E-state index contributed by atoms with van der Waals surface area (Å²) in [6.45, 7) is 6.20. The van der Waals surface area contributed by atoms with Gasteiger partial charge in [0.15, 0.2) is 5.82 Å². The number of likely N-dealkylation sites (tertiary alicyclic amines) is 2. The summed E-state index contributed by atoms with van der Waals surface area (Å²) in [6, 6.07) is 7.76. The van der Waals surface area contributed by atoms with Crippen LogP contribution in [0.1, 0.15) is 43.5 Å². The van der Waals surface area contributed by atoms with Crippen LogP contribution in [0.15, 0.2) is 28.8 Å². The second-order valence-electron chi connectivity index (χ2n) is 7.79. The molecular formula is C20H25ClN4O2. The zero-order valence-corrected chi connectivity index (χ0v) is 16.4. The molecule has 2 aliphatic rings. The summed E-state index contributed by atoms with van der Waals surface area (Å²) in [5.74, 6) is 1.72. The van der Waals surface area contributed by atoms with Crippen LogP contribution in [-0.4, -0.2) is 45.5 Å². The molecule has 2 aliphatic heterocycles. The molecule has 1 aromatic carbocycles. The van der Waals surface area contributed by atoms with Crippen LogP contribution in [0.3, 0.4) is 0 Å². The van der Waals surface area contributed by atoms with Gasteiger partial charge >= 0.3 is 0 Å². The number of hydrogen-bond acceptors (Lipinski definition) is 5. The first-order valence-corrected chi connectivity index (χ1v) is 9.99. The number of piperidine rings is 1. The second-order valence-corrected chi connectivity index (χ2v) is 8.22. The lowest BCUT2D eigenvalue weighted by Crippen LogP contribution is -2.41. The van der Waals surface area contributed by atoms with E-state index in [9.17, 15) is 4.79 Å². The third-order valence-electron chi connectivity index (χ3n) is 5.79. The monoisotopic (exact) mass is 388 g/mol. The van der Waals surface area contributed by atoms with Crippen LogP contribution >= 0.6 is 11.6 Å². The maximum atomic E-state index is 12.6. The highest BCUT2D eigenvalue weighted by Gasteiger charge is 2.44. The van der Waals surface area contributed by atoms with E-state index in [0.29, 0.717) is 18.9 Å². The first kappa shape index (κ1) is 18.4. The summed E-state index contributed by atoms with van der Waals surface area (Å²) in [5, 5.41) is 4.77. The number of aryl methyl sites for hydroxylation is 1. The summed E-state index contributed by atoms with van der Waals surface area (Å²) >= 11 is 5.95. The molecule has 0 radical (unpaired) electrons. The largest absolute Gasteiger partial charge is 0.339 e. The van der Waals surface area contributed by atoms with Gasteiger partial charge in [0.25, 0.3) is 0 Å². The van der Waals surface area contributed by atoms with Crippen LogP contribution in [0.25, 0.3) is 0 Å². The van der Waals surface area contributed by atoms with Crippen molar-refractivity contribution >= 4 is 17.5 Å². The number of amides is 1. The fourth-order valence-corrected chi connectivity index (χ4v) is 4.28. The SMILES string of the molecule is CCc1nc(CN2CCC3(CC2)CC(=O)N(Cc2ccc(Cl)cc2)C3)no1. The minimum atomic E-state index is 0.117. The zero-order chi connectivity index (χ0) is 18.9. The first-order valence-electron chi connectivity index (χ1n) is 9.61. The molecule has 6 nitrogen and oxygen atoms in total. The summed E-state index contributed by atoms with van der Waals surface area (Å²) in [4.78, 5) is 21.3. The highest BCUT2D eigenvalue weighted by molar-refractivity contribution is 6.30. The molecule has 1 spiro atoms. The topological polar surface area (TPSA) is 62.5 Å². The van der Waals surface area contributed by atoms with E-state index in [0.717, 1.165) is 61.9 Å². The number of aromatic nitrogens is 2. The smallest absolute Gasteiger partial charge is 0.226 e. The Labute approximate surface area is 164 Å². The Bertz CT molecular complexity index is 797. The van der Waals surface area contributed by atoms with E-state index in [2.05, 4.69) is 15.0 Å². The van der Waals surface area contributed by atoms with Crippen LogP contribution in [-0.2, 0) is 24.3 Å². The van der Waals surface area contributed by atoms with Crippen molar-refractivity contribution in [3.63, 3.8) is 0 Å². The van der Waals surface area contributed by atoms with Crippen LogP contribution in [0.5, 0.6) is 0 Å². The molecule has 1 amide bonds. The molecular weight excluding hydrogens is 364 g/mol. The minimum absolute atomic E-state index is 0.117. The maximum Gasteiger partial charge on any atom is 0.226 e. The van der Waals surface area contributed by atoms with E-state index in [1.807, 2.05) is 36.1 Å². The number of rotatable bonds is 5.